The summed E-state index contributed by atoms with van der Waals surface area (Å²) in [6.07, 6.45) is 0.0684. The number of halogens is 1. The Labute approximate surface area is 166 Å². The van der Waals surface area contributed by atoms with Crippen LogP contribution in [0.15, 0.2) is 47.6 Å². The third kappa shape index (κ3) is 2.79. The second kappa shape index (κ2) is 6.83. The van der Waals surface area contributed by atoms with Gasteiger partial charge in [-0.3, -0.25) is 9.59 Å². The van der Waals surface area contributed by atoms with Crippen molar-refractivity contribution in [2.24, 2.45) is 5.16 Å². The molecular weight excluding hydrogens is 384 g/mol. The first-order valence-corrected chi connectivity index (χ1v) is 8.96. The van der Waals surface area contributed by atoms with Crippen molar-refractivity contribution in [2.45, 2.75) is 18.4 Å². The van der Waals surface area contributed by atoms with Gasteiger partial charge in [-0.05, 0) is 36.4 Å². The maximum atomic E-state index is 13.1. The summed E-state index contributed by atoms with van der Waals surface area (Å²) >= 11 is 5.90. The van der Waals surface area contributed by atoms with Crippen molar-refractivity contribution in [3.05, 3.63) is 53.1 Å². The van der Waals surface area contributed by atoms with Gasteiger partial charge in [-0.2, -0.15) is 0 Å². The Hall–Kier alpha value is -3.06. The second-order valence-electron chi connectivity index (χ2n) is 6.53. The Balaban J connectivity index is 1.64. The smallest absolute Gasteiger partial charge is 0.281 e. The first-order valence-electron chi connectivity index (χ1n) is 8.58. The number of hydrogen-bond donors (Lipinski definition) is 0. The molecule has 0 radical (unpaired) electrons. The van der Waals surface area contributed by atoms with Gasteiger partial charge in [-0.1, -0.05) is 22.8 Å². The molecule has 0 saturated carbocycles. The van der Waals surface area contributed by atoms with Crippen LogP contribution in [0.4, 0.5) is 5.69 Å². The molecule has 2 aliphatic heterocycles. The summed E-state index contributed by atoms with van der Waals surface area (Å²) < 4.78 is 10.8. The van der Waals surface area contributed by atoms with Gasteiger partial charge >= 0.3 is 0 Å². The molecule has 2 heterocycles. The summed E-state index contributed by atoms with van der Waals surface area (Å²) in [5.74, 6) is 0.248. The largest absolute Gasteiger partial charge is 0.493 e. The number of methoxy groups -OCH3 is 2. The lowest BCUT2D eigenvalue weighted by Crippen LogP contribution is -2.40. The Morgan fingerprint density at radius 3 is 2.50 bits per heavy atom. The number of carbonyl (C=O) groups excluding carboxylic acids is 2. The fourth-order valence-corrected chi connectivity index (χ4v) is 3.64. The first kappa shape index (κ1) is 18.3. The molecule has 2 aromatic rings. The van der Waals surface area contributed by atoms with Crippen LogP contribution in [0, 0.1) is 0 Å². The molecule has 1 saturated heterocycles. The molecule has 144 valence electrons. The standard InChI is InChI=1S/C20H17ClN2O5/c1-26-16-5-3-4-14(18(16)27-2)15-10-20(28-22-15)11-17(24)23(19(20)25)13-8-6-12(21)7-9-13/h3-9H,10-11H2,1-2H3. The molecule has 1 fully saturated rings. The van der Waals surface area contributed by atoms with E-state index in [-0.39, 0.29) is 18.7 Å². The molecule has 1 unspecified atom stereocenters. The van der Waals surface area contributed by atoms with Crippen LogP contribution in [0.1, 0.15) is 18.4 Å². The van der Waals surface area contributed by atoms with Crippen LogP contribution in [-0.2, 0) is 14.4 Å². The maximum absolute atomic E-state index is 13.1. The van der Waals surface area contributed by atoms with Crippen molar-refractivity contribution in [3.8, 4) is 11.5 Å². The minimum atomic E-state index is -1.35. The van der Waals surface area contributed by atoms with Crippen molar-refractivity contribution < 1.29 is 23.9 Å². The number of amides is 2. The number of rotatable bonds is 4. The van der Waals surface area contributed by atoms with Crippen molar-refractivity contribution in [1.29, 1.82) is 0 Å². The quantitative estimate of drug-likeness (QED) is 0.736. The Morgan fingerprint density at radius 2 is 1.82 bits per heavy atom. The molecule has 1 atom stereocenters. The zero-order chi connectivity index (χ0) is 19.9. The molecule has 0 aliphatic carbocycles. The number of hydrogen-bond acceptors (Lipinski definition) is 6. The molecule has 1 spiro atoms. The molecule has 2 aliphatic rings. The van der Waals surface area contributed by atoms with E-state index in [9.17, 15) is 9.59 Å². The number of oxime groups is 1. The third-order valence-electron chi connectivity index (χ3n) is 4.86. The number of para-hydroxylation sites is 1. The van der Waals surface area contributed by atoms with Crippen LogP contribution in [0.3, 0.4) is 0 Å². The second-order valence-corrected chi connectivity index (χ2v) is 6.97. The van der Waals surface area contributed by atoms with E-state index in [1.807, 2.05) is 0 Å². The van der Waals surface area contributed by atoms with Crippen molar-refractivity contribution in [2.75, 3.05) is 19.1 Å². The normalized spacial score (nSPS) is 21.1. The van der Waals surface area contributed by atoms with Crippen LogP contribution in [0.2, 0.25) is 5.02 Å². The third-order valence-corrected chi connectivity index (χ3v) is 5.11. The Kier molecular flexibility index (Phi) is 4.47. The SMILES string of the molecule is COc1cccc(C2=NOC3(CC(=O)N(c4ccc(Cl)cc4)C3=O)C2)c1OC. The van der Waals surface area contributed by atoms with Crippen molar-refractivity contribution in [3.63, 3.8) is 0 Å². The van der Waals surface area contributed by atoms with Crippen LogP contribution >= 0.6 is 11.6 Å². The summed E-state index contributed by atoms with van der Waals surface area (Å²) in [5.41, 5.74) is 0.284. The van der Waals surface area contributed by atoms with Crippen molar-refractivity contribution in [1.82, 2.24) is 0 Å². The van der Waals surface area contributed by atoms with E-state index in [0.717, 1.165) is 4.90 Å². The molecule has 0 bridgehead atoms. The maximum Gasteiger partial charge on any atom is 0.281 e. The highest BCUT2D eigenvalue weighted by atomic mass is 35.5. The van der Waals surface area contributed by atoms with Gasteiger partial charge in [0, 0.05) is 17.0 Å². The molecule has 7 nitrogen and oxygen atoms in total. The van der Waals surface area contributed by atoms with Crippen LogP contribution in [-0.4, -0.2) is 37.3 Å². The fraction of sp³-hybridized carbons (Fsp3) is 0.250. The summed E-state index contributed by atoms with van der Waals surface area (Å²) in [6, 6.07) is 11.9. The Morgan fingerprint density at radius 1 is 1.07 bits per heavy atom. The average molecular weight is 401 g/mol. The number of imide groups is 1. The highest BCUT2D eigenvalue weighted by Gasteiger charge is 2.58. The van der Waals surface area contributed by atoms with E-state index >= 15 is 0 Å². The van der Waals surface area contributed by atoms with E-state index in [0.29, 0.717) is 33.5 Å². The molecule has 8 heteroatoms. The van der Waals surface area contributed by atoms with E-state index in [1.54, 1.807) is 49.6 Å². The molecule has 4 rings (SSSR count). The molecule has 0 aromatic heterocycles. The predicted octanol–water partition coefficient (Wildman–Crippen LogP) is 3.18. The van der Waals surface area contributed by atoms with Gasteiger partial charge < -0.3 is 14.3 Å². The van der Waals surface area contributed by atoms with Gasteiger partial charge in [0.2, 0.25) is 11.5 Å². The van der Waals surface area contributed by atoms with Gasteiger partial charge in [0.1, 0.15) is 0 Å². The van der Waals surface area contributed by atoms with E-state index < -0.39 is 11.5 Å². The first-order chi connectivity index (χ1) is 13.5. The number of nitrogens with zero attached hydrogens (tertiary/aromatic N) is 2. The summed E-state index contributed by atoms with van der Waals surface area (Å²) in [4.78, 5) is 32.4. The number of carbonyl (C=O) groups is 2. The molecule has 2 aromatic carbocycles. The van der Waals surface area contributed by atoms with Gasteiger partial charge in [0.25, 0.3) is 5.91 Å². The lowest BCUT2D eigenvalue weighted by molar-refractivity contribution is -0.136. The number of benzene rings is 2. The lowest BCUT2D eigenvalue weighted by Gasteiger charge is -2.19. The zero-order valence-electron chi connectivity index (χ0n) is 15.3. The lowest BCUT2D eigenvalue weighted by atomic mass is 9.92. The fourth-order valence-electron chi connectivity index (χ4n) is 3.51. The summed E-state index contributed by atoms with van der Waals surface area (Å²) in [6.45, 7) is 0. The predicted molar refractivity (Wildman–Crippen MR) is 103 cm³/mol. The zero-order valence-corrected chi connectivity index (χ0v) is 16.0. The minimum Gasteiger partial charge on any atom is -0.493 e. The van der Waals surface area contributed by atoms with E-state index in [4.69, 9.17) is 25.9 Å². The van der Waals surface area contributed by atoms with Crippen LogP contribution < -0.4 is 14.4 Å². The van der Waals surface area contributed by atoms with Gasteiger partial charge in [0.15, 0.2) is 11.5 Å². The molecular formula is C20H17ClN2O5. The number of ether oxygens (including phenoxy) is 2. The molecule has 2 amide bonds. The van der Waals surface area contributed by atoms with Gasteiger partial charge in [-0.15, -0.1) is 0 Å². The van der Waals surface area contributed by atoms with Crippen molar-refractivity contribution >= 4 is 34.8 Å². The van der Waals surface area contributed by atoms with E-state index in [2.05, 4.69) is 5.16 Å². The van der Waals surface area contributed by atoms with Gasteiger partial charge in [0.05, 0.1) is 32.0 Å². The van der Waals surface area contributed by atoms with Crippen LogP contribution in [0.5, 0.6) is 11.5 Å². The highest BCUT2D eigenvalue weighted by molar-refractivity contribution is 6.31. The minimum absolute atomic E-state index is 0.0895. The van der Waals surface area contributed by atoms with Gasteiger partial charge in [-0.25, -0.2) is 4.90 Å². The van der Waals surface area contributed by atoms with Crippen LogP contribution in [0.25, 0.3) is 0 Å². The van der Waals surface area contributed by atoms with E-state index in [1.165, 1.54) is 7.11 Å². The monoisotopic (exact) mass is 400 g/mol. The average Bonchev–Trinajstić information content (AvgIpc) is 3.23. The Bertz CT molecular complexity index is 989. The summed E-state index contributed by atoms with van der Waals surface area (Å²) in [5, 5.41) is 4.63. The number of anilines is 1. The highest BCUT2D eigenvalue weighted by Crippen LogP contribution is 2.41. The molecule has 28 heavy (non-hydrogen) atoms. The molecule has 0 N–H and O–H groups in total. The summed E-state index contributed by atoms with van der Waals surface area (Å²) in [7, 11) is 3.07. The topological polar surface area (TPSA) is 77.4 Å².